The van der Waals surface area contributed by atoms with Gasteiger partial charge in [-0.15, -0.1) is 0 Å². The van der Waals surface area contributed by atoms with Crippen LogP contribution in [-0.2, 0) is 27.3 Å². The molecule has 0 radical (unpaired) electrons. The molecule has 1 aliphatic heterocycles. The molecule has 0 spiro atoms. The normalized spacial score (nSPS) is 18.1. The number of nitrogens with zero attached hydrogens (tertiary/aromatic N) is 4. The van der Waals surface area contributed by atoms with Crippen molar-refractivity contribution in [3.05, 3.63) is 78.0 Å². The lowest BCUT2D eigenvalue weighted by molar-refractivity contribution is -0.170. The van der Waals surface area contributed by atoms with Gasteiger partial charge in [-0.25, -0.2) is 14.6 Å². The first-order valence-electron chi connectivity index (χ1n) is 18.2. The van der Waals surface area contributed by atoms with E-state index in [4.69, 9.17) is 14.2 Å². The molecule has 55 heavy (non-hydrogen) atoms. The average molecular weight is 768 g/mol. The molecule has 12 nitrogen and oxygen atoms in total. The van der Waals surface area contributed by atoms with Crippen molar-refractivity contribution in [3.8, 4) is 11.5 Å². The number of hydrogen-bond acceptors (Lipinski definition) is 8. The zero-order valence-electron chi connectivity index (χ0n) is 31.9. The highest BCUT2D eigenvalue weighted by Crippen LogP contribution is 2.37. The number of hydrogen-bond donors (Lipinski definition) is 1. The van der Waals surface area contributed by atoms with E-state index < -0.39 is 59.6 Å². The maximum atomic E-state index is 14.3. The van der Waals surface area contributed by atoms with Crippen molar-refractivity contribution in [1.29, 1.82) is 0 Å². The van der Waals surface area contributed by atoms with Crippen LogP contribution in [0, 0.1) is 11.8 Å². The lowest BCUT2D eigenvalue weighted by Gasteiger charge is -2.46. The minimum atomic E-state index is -4.76. The summed E-state index contributed by atoms with van der Waals surface area (Å²) < 4.78 is 59.2. The largest absolute Gasteiger partial charge is 0.497 e. The number of nitrogens with one attached hydrogen (secondary N) is 1. The molecule has 2 fully saturated rings. The van der Waals surface area contributed by atoms with Crippen LogP contribution in [0.3, 0.4) is 0 Å². The number of amides is 5. The van der Waals surface area contributed by atoms with Crippen molar-refractivity contribution < 1.29 is 46.6 Å². The third-order valence-corrected chi connectivity index (χ3v) is 9.88. The van der Waals surface area contributed by atoms with E-state index in [1.807, 2.05) is 0 Å². The number of anilines is 2. The number of aromatic nitrogens is 1. The summed E-state index contributed by atoms with van der Waals surface area (Å²) in [6, 6.07) is 11.9. The summed E-state index contributed by atoms with van der Waals surface area (Å²) in [7, 11) is 4.49. The zero-order chi connectivity index (χ0) is 40.1. The predicted molar refractivity (Wildman–Crippen MR) is 199 cm³/mol. The molecule has 1 N–H and O–H groups in total. The van der Waals surface area contributed by atoms with Crippen molar-refractivity contribution in [2.45, 2.75) is 89.7 Å². The second-order valence-electron chi connectivity index (χ2n) is 14.9. The smallest absolute Gasteiger partial charge is 0.416 e. The molecule has 2 aromatic carbocycles. The molecule has 5 amide bonds. The number of rotatable bonds is 11. The van der Waals surface area contributed by atoms with E-state index in [2.05, 4.69) is 10.3 Å². The topological polar surface area (TPSA) is 131 Å². The molecule has 15 heteroatoms. The van der Waals surface area contributed by atoms with E-state index in [-0.39, 0.29) is 31.6 Å². The Balaban J connectivity index is 1.45. The van der Waals surface area contributed by atoms with Crippen molar-refractivity contribution in [1.82, 2.24) is 15.2 Å². The number of carbonyl (C=O) groups is 4. The monoisotopic (exact) mass is 767 g/mol. The number of likely N-dealkylation sites (N-methyl/N-ethyl adjacent to an activating group) is 1. The van der Waals surface area contributed by atoms with Crippen LogP contribution in [0.1, 0.15) is 64.0 Å². The van der Waals surface area contributed by atoms with Gasteiger partial charge in [0.2, 0.25) is 5.91 Å². The van der Waals surface area contributed by atoms with E-state index in [1.54, 1.807) is 88.5 Å². The SMILES string of the molecule is COc1ccc(CN(C(=O)OC(C)(C)C)c2cc(C[C@@H]3C(=O)N(C(=O)N[C@@H](C4CCCCC4)C(F)(F)F)[C@@H]3C(=O)N(C)c3ccc(OC)cc3)ccn2)cc1. The van der Waals surface area contributed by atoms with E-state index in [0.29, 0.717) is 40.5 Å². The van der Waals surface area contributed by atoms with E-state index in [9.17, 15) is 32.3 Å². The minimum absolute atomic E-state index is 0.0702. The predicted octanol–water partition coefficient (Wildman–Crippen LogP) is 7.29. The number of pyridine rings is 1. The highest BCUT2D eigenvalue weighted by molar-refractivity contribution is 6.12. The fourth-order valence-corrected chi connectivity index (χ4v) is 6.98. The quantitative estimate of drug-likeness (QED) is 0.202. The van der Waals surface area contributed by atoms with Gasteiger partial charge in [0.15, 0.2) is 0 Å². The molecular formula is C40H48F3N5O7. The van der Waals surface area contributed by atoms with Gasteiger partial charge in [-0.05, 0) is 106 Å². The maximum Gasteiger partial charge on any atom is 0.416 e. The van der Waals surface area contributed by atoms with Gasteiger partial charge in [-0.2, -0.15) is 13.2 Å². The number of carbonyl (C=O) groups excluding carboxylic acids is 4. The maximum absolute atomic E-state index is 14.3. The van der Waals surface area contributed by atoms with E-state index in [0.717, 1.165) is 12.0 Å². The Labute approximate surface area is 318 Å². The van der Waals surface area contributed by atoms with Crippen LogP contribution >= 0.6 is 0 Å². The molecule has 296 valence electrons. The van der Waals surface area contributed by atoms with Crippen LogP contribution in [-0.4, -0.2) is 79.0 Å². The Morgan fingerprint density at radius 1 is 0.909 bits per heavy atom. The van der Waals surface area contributed by atoms with Gasteiger partial charge in [-0.3, -0.25) is 19.4 Å². The third-order valence-electron chi connectivity index (χ3n) is 9.88. The molecule has 0 bridgehead atoms. The Hall–Kier alpha value is -5.34. The highest BCUT2D eigenvalue weighted by atomic mass is 19.4. The molecule has 1 saturated heterocycles. The standard InChI is InChI=1S/C40H48F3N5O7/c1-39(2,3)55-38(52)47(24-25-12-16-29(53-5)17-13-25)32-23-26(20-21-44-32)22-31-33(36(50)46(4)28-14-18-30(54-6)19-15-28)48(35(31)49)37(51)45-34(40(41,42)43)27-10-8-7-9-11-27/h12-21,23,27,31,33-34H,7-11,22,24H2,1-6H3,(H,45,51)/t31-,33-,34-/m0/s1. The fraction of sp³-hybridized carbons (Fsp3) is 0.475. The summed E-state index contributed by atoms with van der Waals surface area (Å²) in [6.45, 7) is 5.27. The number of β-lactam (4-membered cyclic amide) rings is 1. The number of urea groups is 1. The van der Waals surface area contributed by atoms with Gasteiger partial charge in [0, 0.05) is 18.9 Å². The summed E-state index contributed by atoms with van der Waals surface area (Å²) >= 11 is 0. The van der Waals surface area contributed by atoms with Gasteiger partial charge >= 0.3 is 18.3 Å². The van der Waals surface area contributed by atoms with Crippen molar-refractivity contribution >= 4 is 35.4 Å². The molecule has 2 aliphatic rings. The third kappa shape index (κ3) is 9.86. The Morgan fingerprint density at radius 2 is 1.51 bits per heavy atom. The lowest BCUT2D eigenvalue weighted by Crippen LogP contribution is -2.71. The summed E-state index contributed by atoms with van der Waals surface area (Å²) in [5, 5.41) is 2.09. The number of methoxy groups -OCH3 is 2. The van der Waals surface area contributed by atoms with Crippen molar-refractivity contribution in [2.75, 3.05) is 31.1 Å². The van der Waals surface area contributed by atoms with Crippen molar-refractivity contribution in [3.63, 3.8) is 0 Å². The molecule has 3 atom stereocenters. The number of ether oxygens (including phenoxy) is 3. The van der Waals surface area contributed by atoms with Crippen LogP contribution in [0.5, 0.6) is 11.5 Å². The first-order chi connectivity index (χ1) is 26.0. The first-order valence-corrected chi connectivity index (χ1v) is 18.2. The molecule has 5 rings (SSSR count). The fourth-order valence-electron chi connectivity index (χ4n) is 6.98. The van der Waals surface area contributed by atoms with Crippen LogP contribution < -0.4 is 24.6 Å². The number of benzene rings is 2. The summed E-state index contributed by atoms with van der Waals surface area (Å²) in [5.74, 6) is -2.08. The summed E-state index contributed by atoms with van der Waals surface area (Å²) in [6.07, 6.45) is -1.49. The Morgan fingerprint density at radius 3 is 2.07 bits per heavy atom. The van der Waals surface area contributed by atoms with Crippen LogP contribution in [0.2, 0.25) is 0 Å². The summed E-state index contributed by atoms with van der Waals surface area (Å²) in [5.41, 5.74) is 0.817. The summed E-state index contributed by atoms with van der Waals surface area (Å²) in [4.78, 5) is 62.8. The van der Waals surface area contributed by atoms with Crippen LogP contribution in [0.15, 0.2) is 66.9 Å². The van der Waals surface area contributed by atoms with Crippen LogP contribution in [0.25, 0.3) is 0 Å². The minimum Gasteiger partial charge on any atom is -0.497 e. The highest BCUT2D eigenvalue weighted by Gasteiger charge is 2.57. The van der Waals surface area contributed by atoms with Gasteiger partial charge in [0.1, 0.15) is 35.0 Å². The molecule has 0 unspecified atom stereocenters. The van der Waals surface area contributed by atoms with Crippen molar-refractivity contribution in [2.24, 2.45) is 11.8 Å². The second-order valence-corrected chi connectivity index (χ2v) is 14.9. The Kier molecular flexibility index (Phi) is 12.6. The van der Waals surface area contributed by atoms with Gasteiger partial charge in [-0.1, -0.05) is 31.4 Å². The number of alkyl halides is 3. The molecule has 1 aromatic heterocycles. The molecule has 2 heterocycles. The zero-order valence-corrected chi connectivity index (χ0v) is 31.9. The van der Waals surface area contributed by atoms with Gasteiger partial charge in [0.25, 0.3) is 5.91 Å². The van der Waals surface area contributed by atoms with E-state index in [1.165, 1.54) is 30.2 Å². The molecule has 1 aliphatic carbocycles. The molecular weight excluding hydrogens is 719 g/mol. The number of likely N-dealkylation sites (tertiary alicyclic amines) is 1. The lowest BCUT2D eigenvalue weighted by atomic mass is 9.81. The molecule has 1 saturated carbocycles. The van der Waals surface area contributed by atoms with Gasteiger partial charge < -0.3 is 24.4 Å². The van der Waals surface area contributed by atoms with Gasteiger partial charge in [0.05, 0.1) is 26.7 Å². The van der Waals surface area contributed by atoms with Crippen LogP contribution in [0.4, 0.5) is 34.3 Å². The molecule has 3 aromatic rings. The number of halogens is 3. The number of imide groups is 1. The average Bonchev–Trinajstić information content (AvgIpc) is 3.15. The van der Waals surface area contributed by atoms with E-state index >= 15 is 0 Å². The second kappa shape index (κ2) is 17.0. The first kappa shape index (κ1) is 40.8. The Bertz CT molecular complexity index is 1830.